The van der Waals surface area contributed by atoms with Crippen molar-refractivity contribution in [3.05, 3.63) is 35.4 Å². The Hall–Kier alpha value is -0.960. The van der Waals surface area contributed by atoms with Gasteiger partial charge in [0.2, 0.25) is 0 Å². The Bertz CT molecular complexity index is 388. The zero-order valence-corrected chi connectivity index (χ0v) is 9.34. The third-order valence-electron chi connectivity index (χ3n) is 3.53. The summed E-state index contributed by atoms with van der Waals surface area (Å²) in [7, 11) is 0. The van der Waals surface area contributed by atoms with Crippen LogP contribution in [0.2, 0.25) is 0 Å². The molecule has 1 nitrogen and oxygen atoms in total. The second-order valence-electron chi connectivity index (χ2n) is 5.00. The van der Waals surface area contributed by atoms with Crippen LogP contribution >= 0.6 is 0 Å². The molecule has 88 valence electrons. The molecule has 1 aliphatic rings. The van der Waals surface area contributed by atoms with Crippen LogP contribution in [0.4, 0.5) is 8.78 Å². The molecule has 1 aromatic rings. The summed E-state index contributed by atoms with van der Waals surface area (Å²) in [5.74, 6) is -0.597. The third kappa shape index (κ3) is 2.24. The van der Waals surface area contributed by atoms with Crippen LogP contribution < -0.4 is 0 Å². The fourth-order valence-electron chi connectivity index (χ4n) is 2.21. The van der Waals surface area contributed by atoms with Gasteiger partial charge in [0.1, 0.15) is 11.6 Å². The van der Waals surface area contributed by atoms with Gasteiger partial charge in [0, 0.05) is 12.7 Å². The van der Waals surface area contributed by atoms with E-state index >= 15 is 0 Å². The minimum Gasteiger partial charge on any atom is -0.396 e. The van der Waals surface area contributed by atoms with Gasteiger partial charge in [-0.15, -0.1) is 0 Å². The average Bonchev–Trinajstić information content (AvgIpc) is 3.06. The molecule has 16 heavy (non-hydrogen) atoms. The predicted octanol–water partition coefficient (Wildman–Crippen LogP) is 2.92. The van der Waals surface area contributed by atoms with Crippen molar-refractivity contribution < 1.29 is 13.9 Å². The lowest BCUT2D eigenvalue weighted by Gasteiger charge is -2.27. The van der Waals surface area contributed by atoms with Gasteiger partial charge in [0.05, 0.1) is 0 Å². The van der Waals surface area contributed by atoms with E-state index in [1.807, 2.05) is 6.92 Å². The first-order chi connectivity index (χ1) is 7.55. The van der Waals surface area contributed by atoms with Gasteiger partial charge in [-0.1, -0.05) is 13.0 Å². The zero-order chi connectivity index (χ0) is 11.8. The number of aliphatic hydroxyl groups is 1. The number of aliphatic hydroxyl groups excluding tert-OH is 1. The molecule has 1 N–H and O–H groups in total. The van der Waals surface area contributed by atoms with Gasteiger partial charge in [-0.05, 0) is 42.2 Å². The predicted molar refractivity (Wildman–Crippen MR) is 58.0 cm³/mol. The van der Waals surface area contributed by atoms with Gasteiger partial charge in [-0.2, -0.15) is 0 Å². The average molecular weight is 226 g/mol. The maximum Gasteiger partial charge on any atom is 0.129 e. The lowest BCUT2D eigenvalue weighted by atomic mass is 9.79. The van der Waals surface area contributed by atoms with E-state index in [9.17, 15) is 13.9 Å². The van der Waals surface area contributed by atoms with Crippen LogP contribution in [0, 0.1) is 23.0 Å². The van der Waals surface area contributed by atoms with E-state index in [-0.39, 0.29) is 12.0 Å². The molecule has 1 atom stereocenters. The lowest BCUT2D eigenvalue weighted by Crippen LogP contribution is -2.27. The summed E-state index contributed by atoms with van der Waals surface area (Å²) >= 11 is 0. The summed E-state index contributed by atoms with van der Waals surface area (Å²) in [5.41, 5.74) is 0.225. The summed E-state index contributed by atoms with van der Waals surface area (Å²) < 4.78 is 26.2. The van der Waals surface area contributed by atoms with E-state index in [0.29, 0.717) is 17.9 Å². The van der Waals surface area contributed by atoms with Gasteiger partial charge >= 0.3 is 0 Å². The minimum atomic E-state index is -0.557. The second kappa shape index (κ2) is 4.13. The highest BCUT2D eigenvalue weighted by Crippen LogP contribution is 2.47. The highest BCUT2D eigenvalue weighted by Gasteiger charge is 2.41. The maximum atomic E-state index is 13.5. The lowest BCUT2D eigenvalue weighted by molar-refractivity contribution is 0.118. The Morgan fingerprint density at radius 1 is 1.38 bits per heavy atom. The molecule has 0 amide bonds. The largest absolute Gasteiger partial charge is 0.396 e. The molecule has 0 bridgehead atoms. The van der Waals surface area contributed by atoms with Crippen molar-refractivity contribution in [2.75, 3.05) is 6.61 Å². The zero-order valence-electron chi connectivity index (χ0n) is 9.34. The topological polar surface area (TPSA) is 20.2 Å². The Balaban J connectivity index is 2.18. The van der Waals surface area contributed by atoms with Crippen molar-refractivity contribution >= 4 is 0 Å². The Kier molecular flexibility index (Phi) is 2.98. The smallest absolute Gasteiger partial charge is 0.129 e. The molecule has 2 rings (SSSR count). The number of hydrogen-bond acceptors (Lipinski definition) is 1. The van der Waals surface area contributed by atoms with Crippen molar-refractivity contribution in [2.24, 2.45) is 11.3 Å². The summed E-state index contributed by atoms with van der Waals surface area (Å²) in [5, 5.41) is 9.41. The summed E-state index contributed by atoms with van der Waals surface area (Å²) in [6, 6.07) is 3.64. The van der Waals surface area contributed by atoms with Crippen LogP contribution in [0.1, 0.15) is 25.3 Å². The molecule has 0 heterocycles. The standard InChI is InChI=1S/C13H16F2O/c1-13(8-16,10-3-4-10)7-9-2-5-11(14)6-12(9)15/h2,5-6,10,16H,3-4,7-8H2,1H3. The summed E-state index contributed by atoms with van der Waals surface area (Å²) in [6.07, 6.45) is 2.67. The van der Waals surface area contributed by atoms with Crippen molar-refractivity contribution in [3.8, 4) is 0 Å². The molecule has 1 aliphatic carbocycles. The van der Waals surface area contributed by atoms with E-state index in [1.165, 1.54) is 12.1 Å². The molecule has 1 unspecified atom stereocenters. The van der Waals surface area contributed by atoms with E-state index < -0.39 is 11.6 Å². The highest BCUT2D eigenvalue weighted by atomic mass is 19.1. The molecule has 3 heteroatoms. The normalized spacial score (nSPS) is 19.5. The van der Waals surface area contributed by atoms with Gasteiger partial charge in [0.15, 0.2) is 0 Å². The van der Waals surface area contributed by atoms with Gasteiger partial charge < -0.3 is 5.11 Å². The van der Waals surface area contributed by atoms with Gasteiger partial charge in [-0.25, -0.2) is 8.78 Å². The van der Waals surface area contributed by atoms with E-state index in [1.54, 1.807) is 0 Å². The molecule has 0 aromatic heterocycles. The molecule has 1 aromatic carbocycles. The monoisotopic (exact) mass is 226 g/mol. The van der Waals surface area contributed by atoms with E-state index in [2.05, 4.69) is 0 Å². The van der Waals surface area contributed by atoms with Crippen molar-refractivity contribution in [1.82, 2.24) is 0 Å². The first kappa shape index (κ1) is 11.5. The van der Waals surface area contributed by atoms with Crippen LogP contribution in [0.5, 0.6) is 0 Å². The van der Waals surface area contributed by atoms with Crippen LogP contribution in [0.25, 0.3) is 0 Å². The second-order valence-corrected chi connectivity index (χ2v) is 5.00. The number of benzene rings is 1. The van der Waals surface area contributed by atoms with Crippen LogP contribution in [-0.2, 0) is 6.42 Å². The van der Waals surface area contributed by atoms with Crippen LogP contribution in [0.3, 0.4) is 0 Å². The molecule has 0 radical (unpaired) electrons. The first-order valence-electron chi connectivity index (χ1n) is 5.60. The Morgan fingerprint density at radius 3 is 2.56 bits per heavy atom. The molecule has 0 saturated heterocycles. The molecular formula is C13H16F2O. The minimum absolute atomic E-state index is 0.0501. The van der Waals surface area contributed by atoms with Gasteiger partial charge in [0.25, 0.3) is 0 Å². The number of rotatable bonds is 4. The quantitative estimate of drug-likeness (QED) is 0.837. The molecule has 0 spiro atoms. The van der Waals surface area contributed by atoms with E-state index in [4.69, 9.17) is 0 Å². The molecule has 1 saturated carbocycles. The van der Waals surface area contributed by atoms with Crippen molar-refractivity contribution in [3.63, 3.8) is 0 Å². The first-order valence-corrected chi connectivity index (χ1v) is 5.60. The molecule has 0 aliphatic heterocycles. The van der Waals surface area contributed by atoms with Crippen molar-refractivity contribution in [1.29, 1.82) is 0 Å². The van der Waals surface area contributed by atoms with Crippen molar-refractivity contribution in [2.45, 2.75) is 26.2 Å². The number of hydrogen-bond donors (Lipinski definition) is 1. The Labute approximate surface area is 94.1 Å². The SMILES string of the molecule is CC(CO)(Cc1ccc(F)cc1F)C1CC1. The maximum absolute atomic E-state index is 13.5. The van der Waals surface area contributed by atoms with Gasteiger partial charge in [-0.3, -0.25) is 0 Å². The molecular weight excluding hydrogens is 210 g/mol. The summed E-state index contributed by atoms with van der Waals surface area (Å²) in [4.78, 5) is 0. The molecule has 1 fully saturated rings. The third-order valence-corrected chi connectivity index (χ3v) is 3.53. The highest BCUT2D eigenvalue weighted by molar-refractivity contribution is 5.20. The van der Waals surface area contributed by atoms with Crippen LogP contribution in [-0.4, -0.2) is 11.7 Å². The number of halogens is 2. The summed E-state index contributed by atoms with van der Waals surface area (Å²) in [6.45, 7) is 2.02. The van der Waals surface area contributed by atoms with E-state index in [0.717, 1.165) is 18.9 Å². The van der Waals surface area contributed by atoms with Crippen LogP contribution in [0.15, 0.2) is 18.2 Å². The fourth-order valence-corrected chi connectivity index (χ4v) is 2.21. The Morgan fingerprint density at radius 2 is 2.06 bits per heavy atom. The fraction of sp³-hybridized carbons (Fsp3) is 0.538.